The third-order valence-corrected chi connectivity index (χ3v) is 8.27. The molecule has 4 aromatic rings. The van der Waals surface area contributed by atoms with Crippen molar-refractivity contribution in [3.8, 4) is 0 Å². The number of likely N-dealkylation sites (N-methyl/N-ethyl adjacent to an activating group) is 1. The van der Waals surface area contributed by atoms with Crippen LogP contribution >= 0.6 is 0 Å². The molecule has 3 aliphatic rings. The van der Waals surface area contributed by atoms with Gasteiger partial charge in [0, 0.05) is 49.9 Å². The van der Waals surface area contributed by atoms with Crippen molar-refractivity contribution in [3.05, 3.63) is 102 Å². The average molecular weight is 547 g/mol. The Hall–Kier alpha value is -4.31. The number of rotatable bonds is 6. The van der Waals surface area contributed by atoms with Crippen LogP contribution in [0.25, 0.3) is 16.6 Å². The van der Waals surface area contributed by atoms with E-state index in [0.29, 0.717) is 12.1 Å². The molecule has 208 valence electrons. The van der Waals surface area contributed by atoms with Gasteiger partial charge in [0.2, 0.25) is 5.91 Å². The minimum absolute atomic E-state index is 0.0191. The molecular weight excluding hydrogens is 512 g/mol. The van der Waals surface area contributed by atoms with Crippen LogP contribution in [0.4, 0.5) is 11.4 Å². The lowest BCUT2D eigenvalue weighted by atomic mass is 9.86. The monoisotopic (exact) mass is 546 g/mol. The highest BCUT2D eigenvalue weighted by molar-refractivity contribution is 5.93. The van der Waals surface area contributed by atoms with Crippen LogP contribution in [-0.2, 0) is 11.2 Å². The standard InChI is InChI=1S/C32H34N8O/c1-39-12-14-40(15-13-39)28-9-5-8-27-31(28)36-32(35-27)30-25-18-22(10-11-26(25)37-38-30)23-17-24(20-33-19-23)34-29(41)16-21-6-3-2-4-7-21/h2-11,17-20,25-26,30,37-38H,12-16H2,1H3,(H,34,41)(H,35,36). The van der Waals surface area contributed by atoms with Crippen molar-refractivity contribution < 1.29 is 4.79 Å². The quantitative estimate of drug-likeness (QED) is 0.293. The number of fused-ring (bicyclic) bond motifs is 2. The van der Waals surface area contributed by atoms with Crippen molar-refractivity contribution in [3.63, 3.8) is 0 Å². The van der Waals surface area contributed by atoms with E-state index in [1.165, 1.54) is 5.69 Å². The number of nitrogens with one attached hydrogen (secondary N) is 4. The summed E-state index contributed by atoms with van der Waals surface area (Å²) in [7, 11) is 2.18. The number of benzene rings is 2. The molecular formula is C32H34N8O. The lowest BCUT2D eigenvalue weighted by molar-refractivity contribution is -0.115. The number of hydrogen-bond acceptors (Lipinski definition) is 7. The Labute approximate surface area is 239 Å². The number of nitrogens with zero attached hydrogens (tertiary/aromatic N) is 4. The van der Waals surface area contributed by atoms with Gasteiger partial charge in [-0.05, 0) is 36.4 Å². The van der Waals surface area contributed by atoms with Gasteiger partial charge < -0.3 is 20.1 Å². The average Bonchev–Trinajstić information content (AvgIpc) is 3.62. The zero-order valence-corrected chi connectivity index (χ0v) is 23.0. The number of para-hydroxylation sites is 1. The molecule has 7 rings (SSSR count). The number of hydrogen-bond donors (Lipinski definition) is 4. The molecule has 2 aromatic heterocycles. The topological polar surface area (TPSA) is 101 Å². The summed E-state index contributed by atoms with van der Waals surface area (Å²) in [4.78, 5) is 30.6. The van der Waals surface area contributed by atoms with Crippen LogP contribution in [0.15, 0.2) is 85.2 Å². The lowest BCUT2D eigenvalue weighted by Gasteiger charge is -2.34. The van der Waals surface area contributed by atoms with Gasteiger partial charge >= 0.3 is 0 Å². The van der Waals surface area contributed by atoms with Crippen LogP contribution in [0.2, 0.25) is 0 Å². The number of aromatic nitrogens is 3. The van der Waals surface area contributed by atoms with Gasteiger partial charge in [-0.1, -0.05) is 54.6 Å². The summed E-state index contributed by atoms with van der Waals surface area (Å²) in [5.74, 6) is 1.01. The number of amides is 1. The van der Waals surface area contributed by atoms with Crippen molar-refractivity contribution in [2.75, 3.05) is 43.4 Å². The van der Waals surface area contributed by atoms with Gasteiger partial charge in [0.1, 0.15) is 11.3 Å². The second kappa shape index (κ2) is 10.9. The fraction of sp³-hybridized carbons (Fsp3) is 0.281. The van der Waals surface area contributed by atoms with Crippen molar-refractivity contribution in [2.24, 2.45) is 5.92 Å². The number of allylic oxidation sites excluding steroid dienone is 2. The molecule has 0 bridgehead atoms. The Bertz CT molecular complexity index is 1620. The molecule has 2 aliphatic heterocycles. The van der Waals surface area contributed by atoms with Crippen molar-refractivity contribution in [1.82, 2.24) is 30.7 Å². The molecule has 3 unspecified atom stereocenters. The molecule has 4 N–H and O–H groups in total. The Balaban J connectivity index is 1.11. The fourth-order valence-corrected chi connectivity index (χ4v) is 6.01. The molecule has 0 saturated carbocycles. The third kappa shape index (κ3) is 5.27. The second-order valence-corrected chi connectivity index (χ2v) is 11.1. The van der Waals surface area contributed by atoms with Crippen molar-refractivity contribution in [1.29, 1.82) is 0 Å². The first kappa shape index (κ1) is 25.6. The summed E-state index contributed by atoms with van der Waals surface area (Å²) in [6.45, 7) is 4.11. The molecule has 3 atom stereocenters. The van der Waals surface area contributed by atoms with Crippen LogP contribution in [0.3, 0.4) is 0 Å². The van der Waals surface area contributed by atoms with Gasteiger partial charge in [-0.2, -0.15) is 0 Å². The summed E-state index contributed by atoms with van der Waals surface area (Å²) >= 11 is 0. The van der Waals surface area contributed by atoms with Crippen molar-refractivity contribution >= 4 is 33.9 Å². The molecule has 0 radical (unpaired) electrons. The first-order valence-corrected chi connectivity index (χ1v) is 14.2. The Morgan fingerprint density at radius 1 is 1.02 bits per heavy atom. The summed E-state index contributed by atoms with van der Waals surface area (Å²) in [6.07, 6.45) is 10.4. The second-order valence-electron chi connectivity index (χ2n) is 11.1. The number of hydrazine groups is 1. The number of carbonyl (C=O) groups excluding carboxylic acids is 1. The zero-order chi connectivity index (χ0) is 27.8. The maximum atomic E-state index is 12.6. The number of anilines is 2. The first-order chi connectivity index (χ1) is 20.1. The first-order valence-electron chi connectivity index (χ1n) is 14.2. The van der Waals surface area contributed by atoms with Crippen LogP contribution in [-0.4, -0.2) is 65.0 Å². The Kier molecular flexibility index (Phi) is 6.84. The zero-order valence-electron chi connectivity index (χ0n) is 23.0. The number of piperazine rings is 1. The summed E-state index contributed by atoms with van der Waals surface area (Å²) in [5.41, 5.74) is 13.9. The molecule has 2 saturated heterocycles. The Morgan fingerprint density at radius 2 is 1.88 bits per heavy atom. The van der Waals surface area contributed by atoms with E-state index >= 15 is 0 Å². The lowest BCUT2D eigenvalue weighted by Crippen LogP contribution is -2.44. The SMILES string of the molecule is CN1CCN(c2cccc3[nH]c(C4NNC5C=CC(c6cncc(NC(=O)Cc7ccccc7)c6)=CC54)nc23)CC1. The summed E-state index contributed by atoms with van der Waals surface area (Å²) in [6, 6.07) is 18.3. The van der Waals surface area contributed by atoms with Crippen LogP contribution in [0, 0.1) is 5.92 Å². The van der Waals surface area contributed by atoms with Gasteiger partial charge in [-0.25, -0.2) is 15.8 Å². The fourth-order valence-electron chi connectivity index (χ4n) is 6.01. The van der Waals surface area contributed by atoms with Gasteiger partial charge in [0.25, 0.3) is 0 Å². The predicted molar refractivity (Wildman–Crippen MR) is 162 cm³/mol. The Morgan fingerprint density at radius 3 is 2.73 bits per heavy atom. The van der Waals surface area contributed by atoms with Gasteiger partial charge in [0.15, 0.2) is 0 Å². The van der Waals surface area contributed by atoms with E-state index < -0.39 is 0 Å². The molecule has 0 spiro atoms. The highest BCUT2D eigenvalue weighted by Gasteiger charge is 2.37. The van der Waals surface area contributed by atoms with Gasteiger partial charge in [-0.3, -0.25) is 9.78 Å². The molecule has 2 fully saturated rings. The molecule has 1 amide bonds. The number of aromatic amines is 1. The minimum atomic E-state index is -0.0616. The molecule has 4 heterocycles. The van der Waals surface area contributed by atoms with Crippen LogP contribution < -0.4 is 21.1 Å². The predicted octanol–water partition coefficient (Wildman–Crippen LogP) is 3.68. The van der Waals surface area contributed by atoms with Crippen LogP contribution in [0.5, 0.6) is 0 Å². The molecule has 2 aromatic carbocycles. The van der Waals surface area contributed by atoms with Gasteiger partial charge in [-0.15, -0.1) is 0 Å². The van der Waals surface area contributed by atoms with Crippen LogP contribution in [0.1, 0.15) is 23.0 Å². The van der Waals surface area contributed by atoms with Crippen molar-refractivity contribution in [2.45, 2.75) is 18.5 Å². The maximum Gasteiger partial charge on any atom is 0.228 e. The van der Waals surface area contributed by atoms with E-state index in [4.69, 9.17) is 4.98 Å². The molecule has 9 nitrogen and oxygen atoms in total. The highest BCUT2D eigenvalue weighted by Crippen LogP contribution is 2.37. The van der Waals surface area contributed by atoms with E-state index in [1.807, 2.05) is 42.6 Å². The number of imidazole rings is 1. The van der Waals surface area contributed by atoms with E-state index in [1.54, 1.807) is 6.20 Å². The van der Waals surface area contributed by atoms with E-state index in [9.17, 15) is 4.79 Å². The molecule has 1 aliphatic carbocycles. The molecule has 9 heteroatoms. The number of carbonyl (C=O) groups is 1. The smallest absolute Gasteiger partial charge is 0.228 e. The van der Waals surface area contributed by atoms with E-state index in [0.717, 1.165) is 59.7 Å². The largest absolute Gasteiger partial charge is 0.367 e. The van der Waals surface area contributed by atoms with E-state index in [2.05, 4.69) is 79.4 Å². The third-order valence-electron chi connectivity index (χ3n) is 8.27. The minimum Gasteiger partial charge on any atom is -0.367 e. The van der Waals surface area contributed by atoms with Gasteiger partial charge in [0.05, 0.1) is 35.6 Å². The van der Waals surface area contributed by atoms with E-state index in [-0.39, 0.29) is 23.9 Å². The summed E-state index contributed by atoms with van der Waals surface area (Å²) < 4.78 is 0. The number of H-pyrrole nitrogens is 1. The number of pyridine rings is 1. The maximum absolute atomic E-state index is 12.6. The normalized spacial score (nSPS) is 22.5. The summed E-state index contributed by atoms with van der Waals surface area (Å²) in [5, 5.41) is 3.00. The highest BCUT2D eigenvalue weighted by atomic mass is 16.1. The molecule has 41 heavy (non-hydrogen) atoms.